The number of carbonyl (C=O) groups is 1. The molecule has 0 aliphatic carbocycles. The van der Waals surface area contributed by atoms with Gasteiger partial charge in [0, 0.05) is 56.2 Å². The van der Waals surface area contributed by atoms with E-state index in [9.17, 15) is 4.79 Å². The van der Waals surface area contributed by atoms with Gasteiger partial charge in [0.15, 0.2) is 0 Å². The number of carbonyl (C=O) groups excluding carboxylic acids is 1. The van der Waals surface area contributed by atoms with Crippen molar-refractivity contribution in [3.05, 3.63) is 24.3 Å². The number of nitrogens with one attached hydrogen (secondary N) is 1. The van der Waals surface area contributed by atoms with E-state index in [4.69, 9.17) is 0 Å². The highest BCUT2D eigenvalue weighted by atomic mass is 16.2. The third-order valence-electron chi connectivity index (χ3n) is 5.11. The summed E-state index contributed by atoms with van der Waals surface area (Å²) in [7, 11) is 0. The zero-order chi connectivity index (χ0) is 17.2. The molecule has 2 amide bonds. The Morgan fingerprint density at radius 2 is 1.50 bits per heavy atom. The van der Waals surface area contributed by atoms with Crippen LogP contribution < -0.4 is 10.2 Å². The average molecular weight is 330 g/mol. The second-order valence-corrected chi connectivity index (χ2v) is 7.82. The van der Waals surface area contributed by atoms with Gasteiger partial charge in [0.2, 0.25) is 0 Å². The monoisotopic (exact) mass is 330 g/mol. The van der Waals surface area contributed by atoms with Gasteiger partial charge in [-0.25, -0.2) is 4.79 Å². The Balaban J connectivity index is 1.52. The molecule has 2 heterocycles. The molecule has 2 fully saturated rings. The van der Waals surface area contributed by atoms with Gasteiger partial charge in [-0.05, 0) is 57.9 Å². The van der Waals surface area contributed by atoms with E-state index >= 15 is 0 Å². The number of hydrogen-bond acceptors (Lipinski definition) is 3. The molecule has 2 aliphatic rings. The first-order chi connectivity index (χ1) is 11.4. The summed E-state index contributed by atoms with van der Waals surface area (Å²) in [6, 6.07) is 8.25. The Bertz CT molecular complexity index is 550. The molecule has 0 unspecified atom stereocenters. The molecule has 0 spiro atoms. The molecule has 2 saturated heterocycles. The number of anilines is 2. The van der Waals surface area contributed by atoms with E-state index in [-0.39, 0.29) is 11.6 Å². The summed E-state index contributed by atoms with van der Waals surface area (Å²) in [5.74, 6) is 0. The van der Waals surface area contributed by atoms with Crippen LogP contribution in [0.3, 0.4) is 0 Å². The molecule has 5 nitrogen and oxygen atoms in total. The van der Waals surface area contributed by atoms with Crippen molar-refractivity contribution in [3.8, 4) is 0 Å². The quantitative estimate of drug-likeness (QED) is 0.905. The maximum absolute atomic E-state index is 12.5. The van der Waals surface area contributed by atoms with Crippen molar-refractivity contribution >= 4 is 17.4 Å². The van der Waals surface area contributed by atoms with Crippen LogP contribution in [0.15, 0.2) is 24.3 Å². The average Bonchev–Trinajstić information content (AvgIpc) is 3.09. The second kappa shape index (κ2) is 7.01. The van der Waals surface area contributed by atoms with E-state index in [0.717, 1.165) is 45.0 Å². The van der Waals surface area contributed by atoms with E-state index in [2.05, 4.69) is 48.0 Å². The summed E-state index contributed by atoms with van der Waals surface area (Å²) in [6.45, 7) is 12.4. The molecule has 0 saturated carbocycles. The number of amides is 2. The van der Waals surface area contributed by atoms with Crippen LogP contribution in [0.5, 0.6) is 0 Å². The number of urea groups is 1. The molecule has 1 aromatic carbocycles. The van der Waals surface area contributed by atoms with Crippen LogP contribution in [0.4, 0.5) is 16.2 Å². The van der Waals surface area contributed by atoms with Crippen LogP contribution in [0, 0.1) is 0 Å². The third kappa shape index (κ3) is 4.01. The van der Waals surface area contributed by atoms with Crippen molar-refractivity contribution in [2.24, 2.45) is 0 Å². The topological polar surface area (TPSA) is 38.8 Å². The van der Waals surface area contributed by atoms with Gasteiger partial charge in [0.25, 0.3) is 0 Å². The van der Waals surface area contributed by atoms with Gasteiger partial charge in [0.05, 0.1) is 0 Å². The Kier molecular flexibility index (Phi) is 4.99. The van der Waals surface area contributed by atoms with E-state index in [1.807, 2.05) is 17.0 Å². The third-order valence-corrected chi connectivity index (χ3v) is 5.11. The first-order valence-corrected chi connectivity index (χ1v) is 9.09. The van der Waals surface area contributed by atoms with Gasteiger partial charge >= 0.3 is 6.03 Å². The molecule has 0 radical (unpaired) electrons. The molecule has 1 aromatic rings. The van der Waals surface area contributed by atoms with Gasteiger partial charge in [-0.1, -0.05) is 0 Å². The maximum Gasteiger partial charge on any atom is 0.321 e. The largest absolute Gasteiger partial charge is 0.372 e. The Morgan fingerprint density at radius 3 is 2.04 bits per heavy atom. The van der Waals surface area contributed by atoms with Gasteiger partial charge in [-0.15, -0.1) is 0 Å². The molecule has 0 aromatic heterocycles. The van der Waals surface area contributed by atoms with Crippen LogP contribution in [0.1, 0.15) is 33.6 Å². The highest BCUT2D eigenvalue weighted by Gasteiger charge is 2.27. The van der Waals surface area contributed by atoms with Crippen molar-refractivity contribution < 1.29 is 4.79 Å². The fraction of sp³-hybridized carbons (Fsp3) is 0.632. The molecule has 5 heteroatoms. The highest BCUT2D eigenvalue weighted by Crippen LogP contribution is 2.22. The SMILES string of the molecule is CC(C)(C)N1CCN(C(=O)Nc2ccc(N3CCCC3)cc2)CC1. The van der Waals surface area contributed by atoms with E-state index in [0.29, 0.717) is 0 Å². The molecule has 0 bridgehead atoms. The summed E-state index contributed by atoms with van der Waals surface area (Å²) < 4.78 is 0. The summed E-state index contributed by atoms with van der Waals surface area (Å²) in [5.41, 5.74) is 2.30. The summed E-state index contributed by atoms with van der Waals surface area (Å²) in [6.07, 6.45) is 2.55. The van der Waals surface area contributed by atoms with Gasteiger partial charge in [0.1, 0.15) is 0 Å². The lowest BCUT2D eigenvalue weighted by atomic mass is 10.1. The Morgan fingerprint density at radius 1 is 0.917 bits per heavy atom. The van der Waals surface area contributed by atoms with Crippen molar-refractivity contribution in [2.75, 3.05) is 49.5 Å². The minimum Gasteiger partial charge on any atom is -0.372 e. The smallest absolute Gasteiger partial charge is 0.321 e. The van der Waals surface area contributed by atoms with Crippen molar-refractivity contribution in [3.63, 3.8) is 0 Å². The normalized spacial score (nSPS) is 19.6. The molecular weight excluding hydrogens is 300 g/mol. The fourth-order valence-electron chi connectivity index (χ4n) is 3.51. The van der Waals surface area contributed by atoms with Crippen molar-refractivity contribution in [1.82, 2.24) is 9.80 Å². The van der Waals surface area contributed by atoms with Crippen LogP contribution in [0.2, 0.25) is 0 Å². The molecule has 3 rings (SSSR count). The predicted octanol–water partition coefficient (Wildman–Crippen LogP) is 3.23. The predicted molar refractivity (Wildman–Crippen MR) is 99.8 cm³/mol. The standard InChI is InChI=1S/C19H30N4O/c1-19(2,3)23-14-12-22(13-15-23)18(24)20-16-6-8-17(9-7-16)21-10-4-5-11-21/h6-9H,4-5,10-15H2,1-3H3,(H,20,24). The van der Waals surface area contributed by atoms with Crippen LogP contribution in [0.25, 0.3) is 0 Å². The minimum absolute atomic E-state index is 0.0116. The maximum atomic E-state index is 12.5. The first-order valence-electron chi connectivity index (χ1n) is 9.09. The summed E-state index contributed by atoms with van der Waals surface area (Å²) >= 11 is 0. The second-order valence-electron chi connectivity index (χ2n) is 7.82. The molecular formula is C19H30N4O. The molecule has 0 atom stereocenters. The Hall–Kier alpha value is -1.75. The van der Waals surface area contributed by atoms with E-state index < -0.39 is 0 Å². The number of benzene rings is 1. The van der Waals surface area contributed by atoms with Gasteiger partial charge < -0.3 is 15.1 Å². The lowest BCUT2D eigenvalue weighted by Gasteiger charge is -2.42. The number of piperazine rings is 1. The van der Waals surface area contributed by atoms with Crippen LogP contribution >= 0.6 is 0 Å². The van der Waals surface area contributed by atoms with E-state index in [1.165, 1.54) is 18.5 Å². The molecule has 2 aliphatic heterocycles. The molecule has 132 valence electrons. The lowest BCUT2D eigenvalue weighted by molar-refractivity contribution is 0.0774. The molecule has 24 heavy (non-hydrogen) atoms. The summed E-state index contributed by atoms with van der Waals surface area (Å²) in [4.78, 5) is 19.2. The lowest BCUT2D eigenvalue weighted by Crippen LogP contribution is -2.55. The van der Waals surface area contributed by atoms with Crippen molar-refractivity contribution in [1.29, 1.82) is 0 Å². The first kappa shape index (κ1) is 17.1. The zero-order valence-corrected chi connectivity index (χ0v) is 15.2. The molecule has 1 N–H and O–H groups in total. The minimum atomic E-state index is 0.0116. The van der Waals surface area contributed by atoms with Gasteiger partial charge in [-0.3, -0.25) is 4.90 Å². The Labute approximate surface area is 145 Å². The van der Waals surface area contributed by atoms with Gasteiger partial charge in [-0.2, -0.15) is 0 Å². The van der Waals surface area contributed by atoms with Crippen molar-refractivity contribution in [2.45, 2.75) is 39.2 Å². The number of nitrogens with zero attached hydrogens (tertiary/aromatic N) is 3. The zero-order valence-electron chi connectivity index (χ0n) is 15.2. The van der Waals surface area contributed by atoms with Crippen LogP contribution in [-0.2, 0) is 0 Å². The summed E-state index contributed by atoms with van der Waals surface area (Å²) in [5, 5.41) is 3.03. The van der Waals surface area contributed by atoms with Crippen LogP contribution in [-0.4, -0.2) is 60.6 Å². The number of hydrogen-bond donors (Lipinski definition) is 1. The highest BCUT2D eigenvalue weighted by molar-refractivity contribution is 5.89. The number of rotatable bonds is 2. The van der Waals surface area contributed by atoms with E-state index in [1.54, 1.807) is 0 Å². The fourth-order valence-corrected chi connectivity index (χ4v) is 3.51.